The van der Waals surface area contributed by atoms with Crippen LogP contribution in [0, 0.1) is 0 Å². The third kappa shape index (κ3) is 5.84. The molecule has 1 aliphatic rings. The van der Waals surface area contributed by atoms with Gasteiger partial charge in [-0.3, -0.25) is 0 Å². The SMILES string of the molecule is COc1ccc(C(OC[C@@H]2C=C([Se](=O)(=O)c3ccccc3)[C@H](n3ccc(=O)[nH]c3=O)O2)(c2ccccc2)c2ccccc2)cc1. The van der Waals surface area contributed by atoms with Crippen molar-refractivity contribution in [1.82, 2.24) is 9.55 Å². The Morgan fingerprint density at radius 1 is 0.778 bits per heavy atom. The van der Waals surface area contributed by atoms with E-state index >= 15 is 0 Å². The topological polar surface area (TPSA) is 117 Å². The Hall–Kier alpha value is -4.86. The molecular formula is C35H30N2O7Se. The van der Waals surface area contributed by atoms with Crippen molar-refractivity contribution in [1.29, 1.82) is 0 Å². The summed E-state index contributed by atoms with van der Waals surface area (Å²) in [5.41, 5.74) is -0.00618. The fraction of sp³-hybridized carbons (Fsp3) is 0.143. The Kier molecular flexibility index (Phi) is 8.47. The van der Waals surface area contributed by atoms with E-state index in [1.807, 2.05) is 84.9 Å². The number of nitrogens with zero attached hydrogens (tertiary/aromatic N) is 1. The number of benzene rings is 4. The van der Waals surface area contributed by atoms with Crippen LogP contribution in [0.2, 0.25) is 0 Å². The number of hydrogen-bond donors (Lipinski definition) is 1. The van der Waals surface area contributed by atoms with E-state index in [0.29, 0.717) is 5.75 Å². The Morgan fingerprint density at radius 2 is 1.33 bits per heavy atom. The molecule has 0 radical (unpaired) electrons. The number of aromatic nitrogens is 2. The Balaban J connectivity index is 1.45. The molecule has 1 N–H and O–H groups in total. The van der Waals surface area contributed by atoms with Crippen molar-refractivity contribution in [2.24, 2.45) is 0 Å². The Labute approximate surface area is 261 Å². The van der Waals surface area contributed by atoms with Gasteiger partial charge in [-0.15, -0.1) is 0 Å². The summed E-state index contributed by atoms with van der Waals surface area (Å²) < 4.78 is 47.6. The second kappa shape index (κ2) is 12.6. The van der Waals surface area contributed by atoms with E-state index in [9.17, 15) is 17.3 Å². The van der Waals surface area contributed by atoms with Crippen molar-refractivity contribution in [2.45, 2.75) is 17.9 Å². The van der Waals surface area contributed by atoms with Gasteiger partial charge in [0.05, 0.1) is 0 Å². The zero-order chi connectivity index (χ0) is 31.4. The van der Waals surface area contributed by atoms with Crippen LogP contribution in [0.5, 0.6) is 5.75 Å². The minimum atomic E-state index is -5.06. The molecule has 0 spiro atoms. The predicted octanol–water partition coefficient (Wildman–Crippen LogP) is 4.13. The molecular weight excluding hydrogens is 639 g/mol. The molecule has 0 saturated heterocycles. The van der Waals surface area contributed by atoms with E-state index in [1.165, 1.54) is 24.4 Å². The second-order valence-corrected chi connectivity index (χ2v) is 14.5. The summed E-state index contributed by atoms with van der Waals surface area (Å²) in [5, 5.41) is 0. The first kappa shape index (κ1) is 30.2. The van der Waals surface area contributed by atoms with Crippen LogP contribution in [-0.2, 0) is 22.7 Å². The molecule has 0 amide bonds. The van der Waals surface area contributed by atoms with Gasteiger partial charge in [-0.2, -0.15) is 0 Å². The summed E-state index contributed by atoms with van der Waals surface area (Å²) in [6.07, 6.45) is 0.569. The molecule has 228 valence electrons. The molecule has 9 nitrogen and oxygen atoms in total. The van der Waals surface area contributed by atoms with Crippen molar-refractivity contribution < 1.29 is 21.9 Å². The van der Waals surface area contributed by atoms with Gasteiger partial charge in [0.2, 0.25) is 0 Å². The van der Waals surface area contributed by atoms with E-state index in [4.69, 9.17) is 14.2 Å². The van der Waals surface area contributed by atoms with E-state index in [1.54, 1.807) is 25.3 Å². The number of aromatic amines is 1. The zero-order valence-corrected chi connectivity index (χ0v) is 26.0. The van der Waals surface area contributed by atoms with Gasteiger partial charge in [0.25, 0.3) is 0 Å². The normalized spacial score (nSPS) is 16.7. The molecule has 1 aromatic heterocycles. The molecule has 4 aromatic carbocycles. The van der Waals surface area contributed by atoms with E-state index in [0.717, 1.165) is 27.3 Å². The van der Waals surface area contributed by atoms with Crippen LogP contribution in [0.1, 0.15) is 22.9 Å². The average molecular weight is 670 g/mol. The number of nitrogens with one attached hydrogen (secondary N) is 1. The fourth-order valence-corrected chi connectivity index (χ4v) is 8.78. The number of H-pyrrole nitrogens is 1. The minimum absolute atomic E-state index is 0.0605. The first-order chi connectivity index (χ1) is 21.8. The molecule has 10 heteroatoms. The molecule has 5 aromatic rings. The average Bonchev–Trinajstić information content (AvgIpc) is 3.51. The van der Waals surface area contributed by atoms with Crippen molar-refractivity contribution in [2.75, 3.05) is 13.7 Å². The quantitative estimate of drug-likeness (QED) is 0.176. The Bertz CT molecular complexity index is 1980. The second-order valence-electron chi connectivity index (χ2n) is 10.4. The first-order valence-electron chi connectivity index (χ1n) is 14.2. The van der Waals surface area contributed by atoms with Crippen molar-refractivity contribution in [3.8, 4) is 5.75 Å². The van der Waals surface area contributed by atoms with Crippen LogP contribution < -0.4 is 20.4 Å². The van der Waals surface area contributed by atoms with Gasteiger partial charge in [-0.05, 0) is 0 Å². The molecule has 0 bridgehead atoms. The van der Waals surface area contributed by atoms with Crippen molar-refractivity contribution in [3.05, 3.63) is 176 Å². The fourth-order valence-electron chi connectivity index (χ4n) is 5.53. The van der Waals surface area contributed by atoms with Gasteiger partial charge < -0.3 is 0 Å². The van der Waals surface area contributed by atoms with Gasteiger partial charge in [0.1, 0.15) is 0 Å². The van der Waals surface area contributed by atoms with Gasteiger partial charge in [-0.25, -0.2) is 0 Å². The van der Waals surface area contributed by atoms with Crippen LogP contribution in [0.15, 0.2) is 148 Å². The molecule has 2 atom stereocenters. The number of methoxy groups -OCH3 is 1. The maximum atomic E-state index is 14.0. The van der Waals surface area contributed by atoms with Gasteiger partial charge >= 0.3 is 262 Å². The summed E-state index contributed by atoms with van der Waals surface area (Å²) >= 11 is -5.06. The van der Waals surface area contributed by atoms with Crippen molar-refractivity contribution >= 4 is 17.2 Å². The Morgan fingerprint density at radius 3 is 1.89 bits per heavy atom. The van der Waals surface area contributed by atoms with Crippen LogP contribution in [0.4, 0.5) is 0 Å². The van der Waals surface area contributed by atoms with Crippen LogP contribution in [0.3, 0.4) is 0 Å². The third-order valence-electron chi connectivity index (χ3n) is 7.69. The summed E-state index contributed by atoms with van der Waals surface area (Å²) in [6, 6.07) is 36.2. The molecule has 0 fully saturated rings. The van der Waals surface area contributed by atoms with Gasteiger partial charge in [0, 0.05) is 0 Å². The molecule has 0 aliphatic carbocycles. The van der Waals surface area contributed by atoms with Crippen LogP contribution in [-0.4, -0.2) is 42.1 Å². The summed E-state index contributed by atoms with van der Waals surface area (Å²) in [7, 11) is 1.60. The van der Waals surface area contributed by atoms with Gasteiger partial charge in [-0.1, -0.05) is 0 Å². The first-order valence-corrected chi connectivity index (χ1v) is 17.3. The molecule has 45 heavy (non-hydrogen) atoms. The molecule has 1 aliphatic heterocycles. The van der Waals surface area contributed by atoms with E-state index in [-0.39, 0.29) is 15.5 Å². The van der Waals surface area contributed by atoms with Gasteiger partial charge in [0.15, 0.2) is 0 Å². The number of ether oxygens (including phenoxy) is 3. The monoisotopic (exact) mass is 670 g/mol. The number of rotatable bonds is 10. The third-order valence-corrected chi connectivity index (χ3v) is 11.6. The van der Waals surface area contributed by atoms with Crippen LogP contribution >= 0.6 is 0 Å². The zero-order valence-electron chi connectivity index (χ0n) is 24.3. The van der Waals surface area contributed by atoms with E-state index < -0.39 is 41.9 Å². The molecule has 2 heterocycles. The van der Waals surface area contributed by atoms with E-state index in [2.05, 4.69) is 4.98 Å². The molecule has 0 saturated carbocycles. The number of hydrogen-bond acceptors (Lipinski definition) is 7. The molecule has 0 unspecified atom stereocenters. The summed E-state index contributed by atoms with van der Waals surface area (Å²) in [5.74, 6) is 0.684. The maximum absolute atomic E-state index is 14.0. The van der Waals surface area contributed by atoms with Crippen molar-refractivity contribution in [3.63, 3.8) is 0 Å². The summed E-state index contributed by atoms with van der Waals surface area (Å²) in [6.45, 7) is -0.0734. The van der Waals surface area contributed by atoms with Crippen LogP contribution in [0.25, 0.3) is 0 Å². The summed E-state index contributed by atoms with van der Waals surface area (Å²) in [4.78, 5) is 26.8. The standard InChI is InChI=1S/C35H30N2O7Se/c1-42-28-19-17-27(18-20-28)35(25-11-5-2-6-12-25,26-13-7-3-8-14-26)43-24-29-23-31(45(40,41)30-15-9-4-10-16-30)33(44-29)37-22-21-32(38)36-34(37)39/h2-23,29,33H,24H2,1H3,(H,36,38,39)/t29-,33+/m0/s1. The molecule has 6 rings (SSSR count). The predicted molar refractivity (Wildman–Crippen MR) is 168 cm³/mol.